The predicted octanol–water partition coefficient (Wildman–Crippen LogP) is 2.42. The first kappa shape index (κ1) is 11.7. The minimum atomic E-state index is -0.180. The highest BCUT2D eigenvalue weighted by molar-refractivity contribution is 5.94. The molecule has 3 rings (SSSR count). The molecule has 0 saturated heterocycles. The van der Waals surface area contributed by atoms with Gasteiger partial charge in [0.25, 0.3) is 0 Å². The Morgan fingerprint density at radius 2 is 2.11 bits per heavy atom. The lowest BCUT2D eigenvalue weighted by molar-refractivity contribution is -0.142. The molecular weight excluding hydrogens is 228 g/mol. The summed E-state index contributed by atoms with van der Waals surface area (Å²) in [6, 6.07) is 0. The Morgan fingerprint density at radius 1 is 1.39 bits per heavy atom. The molecule has 3 nitrogen and oxygen atoms in total. The van der Waals surface area contributed by atoms with Crippen LogP contribution in [0.25, 0.3) is 0 Å². The molecule has 2 aliphatic carbocycles. The van der Waals surface area contributed by atoms with Gasteiger partial charge in [-0.2, -0.15) is 0 Å². The Morgan fingerprint density at radius 3 is 2.83 bits per heavy atom. The van der Waals surface area contributed by atoms with Crippen LogP contribution in [0.1, 0.15) is 33.6 Å². The Labute approximate surface area is 107 Å². The van der Waals surface area contributed by atoms with Crippen molar-refractivity contribution >= 4 is 11.8 Å². The van der Waals surface area contributed by atoms with Crippen molar-refractivity contribution in [3.8, 4) is 0 Å². The van der Waals surface area contributed by atoms with Gasteiger partial charge in [-0.15, -0.1) is 0 Å². The summed E-state index contributed by atoms with van der Waals surface area (Å²) < 4.78 is 5.40. The average molecular weight is 246 g/mol. The highest BCUT2D eigenvalue weighted by atomic mass is 16.5. The zero-order valence-electron chi connectivity index (χ0n) is 11.0. The van der Waals surface area contributed by atoms with Crippen LogP contribution in [0.2, 0.25) is 0 Å². The number of fused-ring (bicyclic) bond motifs is 2. The van der Waals surface area contributed by atoms with Gasteiger partial charge >= 0.3 is 5.97 Å². The maximum atomic E-state index is 11.9. The molecule has 1 aliphatic heterocycles. The zero-order chi connectivity index (χ0) is 13.1. The Bertz CT molecular complexity index is 500. The summed E-state index contributed by atoms with van der Waals surface area (Å²) in [5.74, 6) is 0.373. The number of esters is 1. The van der Waals surface area contributed by atoms with Crippen molar-refractivity contribution in [2.24, 2.45) is 17.3 Å². The number of ether oxygens (including phenoxy) is 1. The summed E-state index contributed by atoms with van der Waals surface area (Å²) in [7, 11) is 0. The van der Waals surface area contributed by atoms with E-state index < -0.39 is 0 Å². The van der Waals surface area contributed by atoms with E-state index in [1.54, 1.807) is 6.08 Å². The molecular formula is C15H18O3. The van der Waals surface area contributed by atoms with Gasteiger partial charge < -0.3 is 4.74 Å². The van der Waals surface area contributed by atoms with Crippen molar-refractivity contribution in [2.75, 3.05) is 0 Å². The molecule has 3 heteroatoms. The highest BCUT2D eigenvalue weighted by Gasteiger charge is 2.51. The first-order valence-corrected chi connectivity index (χ1v) is 6.56. The van der Waals surface area contributed by atoms with Crippen molar-refractivity contribution in [1.29, 1.82) is 0 Å². The first-order chi connectivity index (χ1) is 8.43. The first-order valence-electron chi connectivity index (χ1n) is 6.56. The van der Waals surface area contributed by atoms with Crippen LogP contribution in [-0.4, -0.2) is 17.9 Å². The monoisotopic (exact) mass is 246 g/mol. The summed E-state index contributed by atoms with van der Waals surface area (Å²) in [6.07, 6.45) is 5.29. The summed E-state index contributed by atoms with van der Waals surface area (Å²) in [4.78, 5) is 23.5. The fourth-order valence-electron chi connectivity index (χ4n) is 3.59. The standard InChI is InChI=1S/C15H18O3/c1-8-11-7-15(3)9(2)12(16)5-4-10(15)6-13(11)18-14(8)17/h4-5,9-10,13H,6-7H2,1-3H3/t9-,10-,13+,15+/m0/s1. The molecule has 1 fully saturated rings. The molecule has 4 atom stereocenters. The highest BCUT2D eigenvalue weighted by Crippen LogP contribution is 2.53. The van der Waals surface area contributed by atoms with Crippen LogP contribution in [0.15, 0.2) is 23.3 Å². The van der Waals surface area contributed by atoms with Crippen molar-refractivity contribution in [3.05, 3.63) is 23.3 Å². The van der Waals surface area contributed by atoms with Gasteiger partial charge in [-0.05, 0) is 42.7 Å². The number of carbonyl (C=O) groups excluding carboxylic acids is 2. The SMILES string of the molecule is CC1=C2C[C@@]3(C)[C@@H](C=CC(=O)[C@@H]3C)C[C@H]2OC1=O. The van der Waals surface area contributed by atoms with E-state index in [1.807, 2.05) is 19.9 Å². The Hall–Kier alpha value is -1.38. The van der Waals surface area contributed by atoms with Crippen LogP contribution in [0.5, 0.6) is 0 Å². The average Bonchev–Trinajstić information content (AvgIpc) is 2.60. The minimum Gasteiger partial charge on any atom is -0.454 e. The Kier molecular flexibility index (Phi) is 2.31. The molecule has 3 aliphatic rings. The molecule has 0 unspecified atom stereocenters. The lowest BCUT2D eigenvalue weighted by atomic mass is 9.56. The fourth-order valence-corrected chi connectivity index (χ4v) is 3.59. The van der Waals surface area contributed by atoms with E-state index in [1.165, 1.54) is 0 Å². The van der Waals surface area contributed by atoms with Crippen molar-refractivity contribution in [2.45, 2.75) is 39.7 Å². The van der Waals surface area contributed by atoms with Crippen LogP contribution >= 0.6 is 0 Å². The third-order valence-electron chi connectivity index (χ3n) is 5.22. The van der Waals surface area contributed by atoms with E-state index in [0.717, 1.165) is 24.0 Å². The third kappa shape index (κ3) is 1.36. The van der Waals surface area contributed by atoms with Gasteiger partial charge in [0, 0.05) is 11.5 Å². The molecule has 1 heterocycles. The Balaban J connectivity index is 2.03. The van der Waals surface area contributed by atoms with Gasteiger partial charge in [0.05, 0.1) is 0 Å². The number of allylic oxidation sites excluding steroid dienone is 2. The predicted molar refractivity (Wildman–Crippen MR) is 66.7 cm³/mol. The molecule has 0 bridgehead atoms. The summed E-state index contributed by atoms with van der Waals surface area (Å²) in [5.41, 5.74) is 1.81. The molecule has 0 N–H and O–H groups in total. The van der Waals surface area contributed by atoms with Gasteiger partial charge in [-0.25, -0.2) is 4.79 Å². The van der Waals surface area contributed by atoms with Gasteiger partial charge in [0.2, 0.25) is 0 Å². The minimum absolute atomic E-state index is 0.0180. The van der Waals surface area contributed by atoms with Crippen molar-refractivity contribution in [3.63, 3.8) is 0 Å². The number of carbonyl (C=O) groups is 2. The quantitative estimate of drug-likeness (QED) is 0.616. The van der Waals surface area contributed by atoms with E-state index in [9.17, 15) is 9.59 Å². The smallest absolute Gasteiger partial charge is 0.334 e. The van der Waals surface area contributed by atoms with Crippen LogP contribution in [0, 0.1) is 17.3 Å². The molecule has 0 aromatic rings. The van der Waals surface area contributed by atoms with E-state index >= 15 is 0 Å². The molecule has 0 spiro atoms. The topological polar surface area (TPSA) is 43.4 Å². The number of ketones is 1. The van der Waals surface area contributed by atoms with Gasteiger partial charge in [0.15, 0.2) is 5.78 Å². The molecule has 18 heavy (non-hydrogen) atoms. The van der Waals surface area contributed by atoms with Gasteiger partial charge in [0.1, 0.15) is 6.10 Å². The number of hydrogen-bond acceptors (Lipinski definition) is 3. The molecule has 0 radical (unpaired) electrons. The van der Waals surface area contributed by atoms with Crippen LogP contribution in [-0.2, 0) is 14.3 Å². The second-order valence-electron chi connectivity index (χ2n) is 6.05. The van der Waals surface area contributed by atoms with Crippen LogP contribution in [0.3, 0.4) is 0 Å². The van der Waals surface area contributed by atoms with E-state index in [0.29, 0.717) is 5.92 Å². The molecule has 96 valence electrons. The zero-order valence-corrected chi connectivity index (χ0v) is 11.0. The lowest BCUT2D eigenvalue weighted by Gasteiger charge is -2.47. The normalized spacial score (nSPS) is 42.7. The van der Waals surface area contributed by atoms with Crippen molar-refractivity contribution in [1.82, 2.24) is 0 Å². The number of hydrogen-bond donors (Lipinski definition) is 0. The maximum Gasteiger partial charge on any atom is 0.334 e. The van der Waals surface area contributed by atoms with Gasteiger partial charge in [-0.3, -0.25) is 4.79 Å². The number of rotatable bonds is 0. The molecule has 0 amide bonds. The molecule has 1 saturated carbocycles. The van der Waals surface area contributed by atoms with Gasteiger partial charge in [-0.1, -0.05) is 19.9 Å². The second-order valence-corrected chi connectivity index (χ2v) is 6.05. The lowest BCUT2D eigenvalue weighted by Crippen LogP contribution is -2.45. The summed E-state index contributed by atoms with van der Waals surface area (Å²) >= 11 is 0. The summed E-state index contributed by atoms with van der Waals surface area (Å²) in [5, 5.41) is 0. The molecule has 0 aromatic carbocycles. The maximum absolute atomic E-state index is 11.9. The fraction of sp³-hybridized carbons (Fsp3) is 0.600. The van der Waals surface area contributed by atoms with E-state index in [-0.39, 0.29) is 29.2 Å². The van der Waals surface area contributed by atoms with Crippen LogP contribution < -0.4 is 0 Å². The van der Waals surface area contributed by atoms with E-state index in [2.05, 4.69) is 6.92 Å². The molecule has 0 aromatic heterocycles. The second kappa shape index (κ2) is 3.56. The largest absolute Gasteiger partial charge is 0.454 e. The van der Waals surface area contributed by atoms with Crippen molar-refractivity contribution < 1.29 is 14.3 Å². The third-order valence-corrected chi connectivity index (χ3v) is 5.22. The van der Waals surface area contributed by atoms with Crippen LogP contribution in [0.4, 0.5) is 0 Å². The summed E-state index contributed by atoms with van der Waals surface area (Å²) in [6.45, 7) is 6.02. The van der Waals surface area contributed by atoms with E-state index in [4.69, 9.17) is 4.74 Å².